The van der Waals surface area contributed by atoms with E-state index < -0.39 is 17.1 Å². The number of rotatable bonds is 8. The Morgan fingerprint density at radius 1 is 1.29 bits per heavy atom. The van der Waals surface area contributed by atoms with Crippen LogP contribution < -0.4 is 5.32 Å². The van der Waals surface area contributed by atoms with Crippen molar-refractivity contribution in [1.82, 2.24) is 19.0 Å². The van der Waals surface area contributed by atoms with E-state index in [0.717, 1.165) is 11.2 Å². The number of imidazole rings is 1. The monoisotopic (exact) mass is 402 g/mol. The molecule has 0 bridgehead atoms. The van der Waals surface area contributed by atoms with Gasteiger partial charge in [0.05, 0.1) is 23.2 Å². The van der Waals surface area contributed by atoms with Gasteiger partial charge in [0.1, 0.15) is 16.6 Å². The summed E-state index contributed by atoms with van der Waals surface area (Å²) in [4.78, 5) is 17.1. The molecule has 9 heteroatoms. The largest absolute Gasteiger partial charge is 0.394 e. The Balaban J connectivity index is 1.57. The second-order valence-corrected chi connectivity index (χ2v) is 7.93. The summed E-state index contributed by atoms with van der Waals surface area (Å²) in [6.07, 6.45) is 4.23. The summed E-state index contributed by atoms with van der Waals surface area (Å²) in [6.45, 7) is 0.0584. The molecule has 0 aliphatic heterocycles. The number of benzene rings is 1. The number of carbonyl (C=O) groups excluding carboxylic acids is 1. The molecule has 3 N–H and O–H groups in total. The minimum absolute atomic E-state index is 0.0994. The van der Waals surface area contributed by atoms with Crippen molar-refractivity contribution < 1.29 is 19.2 Å². The van der Waals surface area contributed by atoms with Crippen LogP contribution in [-0.2, 0) is 17.5 Å². The maximum atomic E-state index is 12.4. The topological polar surface area (TPSA) is 107 Å². The number of aliphatic hydroxyl groups is 2. The summed E-state index contributed by atoms with van der Waals surface area (Å²) in [7, 11) is 0.167. The highest BCUT2D eigenvalue weighted by molar-refractivity contribution is 7.82. The molecule has 8 nitrogen and oxygen atoms in total. The number of hydrogen-bond acceptors (Lipinski definition) is 5. The molecule has 3 aromatic rings. The van der Waals surface area contributed by atoms with Crippen molar-refractivity contribution in [1.29, 1.82) is 0 Å². The van der Waals surface area contributed by atoms with Gasteiger partial charge in [-0.05, 0) is 29.8 Å². The first kappa shape index (κ1) is 20.2. The zero-order valence-corrected chi connectivity index (χ0v) is 16.2. The number of fused-ring (bicyclic) bond motifs is 1. The van der Waals surface area contributed by atoms with Crippen molar-refractivity contribution in [3.05, 3.63) is 66.1 Å². The van der Waals surface area contributed by atoms with Crippen LogP contribution in [0.2, 0.25) is 0 Å². The number of carbonyl (C=O) groups is 1. The van der Waals surface area contributed by atoms with Crippen molar-refractivity contribution >= 4 is 22.5 Å². The van der Waals surface area contributed by atoms with Gasteiger partial charge in [-0.1, -0.05) is 12.1 Å². The maximum absolute atomic E-state index is 12.4. The van der Waals surface area contributed by atoms with E-state index in [9.17, 15) is 14.1 Å². The third kappa shape index (κ3) is 4.82. The molecule has 1 amide bonds. The van der Waals surface area contributed by atoms with E-state index in [1.807, 2.05) is 0 Å². The lowest BCUT2D eigenvalue weighted by Crippen LogP contribution is -2.32. The molecule has 0 spiro atoms. The van der Waals surface area contributed by atoms with Crippen LogP contribution in [0.15, 0.2) is 59.9 Å². The average molecular weight is 402 g/mol. The fourth-order valence-corrected chi connectivity index (χ4v) is 3.70. The van der Waals surface area contributed by atoms with Crippen LogP contribution in [0.1, 0.15) is 15.9 Å². The molecule has 0 saturated heterocycles. The summed E-state index contributed by atoms with van der Waals surface area (Å²) >= 11 is 0. The first-order chi connectivity index (χ1) is 13.5. The summed E-state index contributed by atoms with van der Waals surface area (Å²) in [5.74, 6) is -0.194. The second-order valence-electron chi connectivity index (χ2n) is 6.33. The molecule has 0 radical (unpaired) electrons. The normalized spacial score (nSPS) is 13.6. The lowest BCUT2D eigenvalue weighted by molar-refractivity contribution is 0.0835. The fourth-order valence-electron chi connectivity index (χ4n) is 2.66. The molecular weight excluding hydrogens is 380 g/mol. The van der Waals surface area contributed by atoms with Crippen LogP contribution in [0.5, 0.6) is 0 Å². The van der Waals surface area contributed by atoms with E-state index in [0.29, 0.717) is 17.0 Å². The van der Waals surface area contributed by atoms with Crippen molar-refractivity contribution in [2.24, 2.45) is 0 Å². The van der Waals surface area contributed by atoms with Gasteiger partial charge in [0.2, 0.25) is 0 Å². The zero-order valence-electron chi connectivity index (χ0n) is 15.4. The first-order valence-electron chi connectivity index (χ1n) is 8.69. The molecule has 2 unspecified atom stereocenters. The second kappa shape index (κ2) is 9.07. The van der Waals surface area contributed by atoms with E-state index in [-0.39, 0.29) is 19.1 Å². The van der Waals surface area contributed by atoms with Gasteiger partial charge in [0, 0.05) is 38.7 Å². The summed E-state index contributed by atoms with van der Waals surface area (Å²) in [5, 5.41) is 21.2. The number of aromatic nitrogens is 2. The van der Waals surface area contributed by atoms with Gasteiger partial charge in [-0.2, -0.15) is 0 Å². The minimum atomic E-state index is -1.44. The van der Waals surface area contributed by atoms with E-state index in [1.54, 1.807) is 66.4 Å². The summed E-state index contributed by atoms with van der Waals surface area (Å²) in [6, 6.07) is 10.5. The van der Waals surface area contributed by atoms with Crippen LogP contribution >= 0.6 is 0 Å². The van der Waals surface area contributed by atoms with Crippen LogP contribution in [0.4, 0.5) is 0 Å². The highest BCUT2D eigenvalue weighted by Gasteiger charge is 2.14. The number of amides is 1. The quantitative estimate of drug-likeness (QED) is 0.511. The highest BCUT2D eigenvalue weighted by atomic mass is 32.2. The molecule has 1 aromatic carbocycles. The fraction of sp³-hybridized carbons (Fsp3) is 0.263. The number of aliphatic hydroxyl groups excluding tert-OH is 2. The number of likely N-dealkylation sites (N-methyl/N-ethyl adjacent to an activating group) is 1. The third-order valence-electron chi connectivity index (χ3n) is 4.19. The third-order valence-corrected chi connectivity index (χ3v) is 5.58. The Kier molecular flexibility index (Phi) is 6.53. The molecule has 28 heavy (non-hydrogen) atoms. The Hall–Kier alpha value is -2.59. The number of nitrogens with one attached hydrogen (secondary N) is 1. The predicted molar refractivity (Wildman–Crippen MR) is 105 cm³/mol. The molecule has 0 aliphatic rings. The van der Waals surface area contributed by atoms with E-state index in [4.69, 9.17) is 5.11 Å². The Bertz CT molecular complexity index is 973. The zero-order chi connectivity index (χ0) is 20.1. The SMILES string of the molecule is CN(CC(O)CO)S(=O)c1ccc(CNC(=O)c2ccc3nccn3c2)cc1. The Morgan fingerprint density at radius 2 is 2.04 bits per heavy atom. The van der Waals surface area contributed by atoms with Crippen LogP contribution in [0.25, 0.3) is 5.65 Å². The van der Waals surface area contributed by atoms with Crippen LogP contribution in [0.3, 0.4) is 0 Å². The number of hydrogen-bond donors (Lipinski definition) is 3. The van der Waals surface area contributed by atoms with Crippen molar-refractivity contribution in [2.75, 3.05) is 20.2 Å². The Labute approximate surface area is 165 Å². The first-order valence-corrected chi connectivity index (χ1v) is 9.80. The van der Waals surface area contributed by atoms with E-state index in [2.05, 4.69) is 10.3 Å². The molecule has 0 aliphatic carbocycles. The molecular formula is C19H22N4O4S. The predicted octanol–water partition coefficient (Wildman–Crippen LogP) is 0.572. The van der Waals surface area contributed by atoms with Gasteiger partial charge in [0.25, 0.3) is 5.91 Å². The van der Waals surface area contributed by atoms with Gasteiger partial charge in [-0.3, -0.25) is 4.79 Å². The average Bonchev–Trinajstić information content (AvgIpc) is 3.19. The van der Waals surface area contributed by atoms with Gasteiger partial charge in [0.15, 0.2) is 0 Å². The van der Waals surface area contributed by atoms with Gasteiger partial charge < -0.3 is 19.9 Å². The van der Waals surface area contributed by atoms with Gasteiger partial charge >= 0.3 is 0 Å². The lowest BCUT2D eigenvalue weighted by atomic mass is 10.2. The van der Waals surface area contributed by atoms with Gasteiger partial charge in [-0.25, -0.2) is 13.5 Å². The molecule has 3 rings (SSSR count). The van der Waals surface area contributed by atoms with E-state index >= 15 is 0 Å². The standard InChI is InChI=1S/C19H22N4O4S/c1-22(12-16(25)13-24)28(27)17-5-2-14(3-6-17)10-21-19(26)15-4-7-18-20-8-9-23(18)11-15/h2-9,11,16,24-25H,10,12-13H2,1H3,(H,21,26). The lowest BCUT2D eigenvalue weighted by Gasteiger charge is -2.18. The maximum Gasteiger partial charge on any atom is 0.253 e. The van der Waals surface area contributed by atoms with Crippen molar-refractivity contribution in [3.8, 4) is 0 Å². The number of pyridine rings is 1. The number of nitrogens with zero attached hydrogens (tertiary/aromatic N) is 3. The molecule has 2 atom stereocenters. The smallest absolute Gasteiger partial charge is 0.253 e. The molecule has 0 fully saturated rings. The van der Waals surface area contributed by atoms with Crippen LogP contribution in [0, 0.1) is 0 Å². The van der Waals surface area contributed by atoms with Gasteiger partial charge in [-0.15, -0.1) is 0 Å². The van der Waals surface area contributed by atoms with Crippen molar-refractivity contribution in [3.63, 3.8) is 0 Å². The van der Waals surface area contributed by atoms with Crippen LogP contribution in [-0.4, -0.2) is 60.3 Å². The van der Waals surface area contributed by atoms with E-state index in [1.165, 1.54) is 4.31 Å². The molecule has 0 saturated carbocycles. The summed E-state index contributed by atoms with van der Waals surface area (Å²) in [5.41, 5.74) is 2.18. The summed E-state index contributed by atoms with van der Waals surface area (Å²) < 4.78 is 15.7. The molecule has 2 aromatic heterocycles. The Morgan fingerprint density at radius 3 is 2.75 bits per heavy atom. The molecule has 148 valence electrons. The minimum Gasteiger partial charge on any atom is -0.394 e. The highest BCUT2D eigenvalue weighted by Crippen LogP contribution is 2.12. The van der Waals surface area contributed by atoms with Crippen molar-refractivity contribution in [2.45, 2.75) is 17.5 Å². The molecule has 2 heterocycles.